The second-order valence-electron chi connectivity index (χ2n) is 7.17. The maximum Gasteiger partial charge on any atom is 0.416 e. The fourth-order valence-corrected chi connectivity index (χ4v) is 3.82. The van der Waals surface area contributed by atoms with Gasteiger partial charge in [0.1, 0.15) is 0 Å². The standard InChI is InChI=1S/C22H18F3N3O2/c1-13-19(20(29)21(30)27-11-10-15-6-3-4-9-18(15)27)14(2)28(26-13)17-8-5-7-16(12-17)22(23,24)25/h3-9,12H,10-11H2,1-2H3. The number of carbonyl (C=O) groups is 2. The van der Waals surface area contributed by atoms with Gasteiger partial charge >= 0.3 is 6.18 Å². The Morgan fingerprint density at radius 2 is 1.77 bits per heavy atom. The number of amides is 1. The summed E-state index contributed by atoms with van der Waals surface area (Å²) in [6.07, 6.45) is -3.83. The first-order chi connectivity index (χ1) is 14.2. The molecule has 0 N–H and O–H groups in total. The lowest BCUT2D eigenvalue weighted by Crippen LogP contribution is -2.35. The second-order valence-corrected chi connectivity index (χ2v) is 7.17. The van der Waals surface area contributed by atoms with Crippen molar-refractivity contribution in [1.82, 2.24) is 9.78 Å². The zero-order valence-electron chi connectivity index (χ0n) is 16.3. The smallest absolute Gasteiger partial charge is 0.305 e. The predicted molar refractivity (Wildman–Crippen MR) is 105 cm³/mol. The maximum absolute atomic E-state index is 13.1. The maximum atomic E-state index is 13.1. The summed E-state index contributed by atoms with van der Waals surface area (Å²) < 4.78 is 40.5. The third-order valence-electron chi connectivity index (χ3n) is 5.26. The van der Waals surface area contributed by atoms with Crippen LogP contribution < -0.4 is 4.90 Å². The van der Waals surface area contributed by atoms with E-state index >= 15 is 0 Å². The molecule has 1 aliphatic heterocycles. The third kappa shape index (κ3) is 3.28. The number of aromatic nitrogens is 2. The van der Waals surface area contributed by atoms with Gasteiger partial charge in [-0.15, -0.1) is 0 Å². The predicted octanol–water partition coefficient (Wildman–Crippen LogP) is 4.28. The molecular formula is C22H18F3N3O2. The highest BCUT2D eigenvalue weighted by Gasteiger charge is 2.34. The van der Waals surface area contributed by atoms with Gasteiger partial charge in [-0.25, -0.2) is 4.68 Å². The van der Waals surface area contributed by atoms with E-state index in [1.165, 1.54) is 21.7 Å². The van der Waals surface area contributed by atoms with Crippen molar-refractivity contribution in [3.8, 4) is 5.69 Å². The molecule has 0 saturated heterocycles. The van der Waals surface area contributed by atoms with Crippen LogP contribution in [0.4, 0.5) is 18.9 Å². The molecule has 0 fully saturated rings. The van der Waals surface area contributed by atoms with E-state index in [1.807, 2.05) is 12.1 Å². The molecule has 154 valence electrons. The van der Waals surface area contributed by atoms with E-state index in [0.29, 0.717) is 24.3 Å². The summed E-state index contributed by atoms with van der Waals surface area (Å²) in [4.78, 5) is 27.4. The highest BCUT2D eigenvalue weighted by atomic mass is 19.4. The van der Waals surface area contributed by atoms with Crippen LogP contribution in [0.2, 0.25) is 0 Å². The average molecular weight is 413 g/mol. The van der Waals surface area contributed by atoms with Gasteiger partial charge in [0.2, 0.25) is 0 Å². The Labute approximate surface area is 170 Å². The van der Waals surface area contributed by atoms with E-state index in [9.17, 15) is 22.8 Å². The number of nitrogens with zero attached hydrogens (tertiary/aromatic N) is 3. The van der Waals surface area contributed by atoms with E-state index in [4.69, 9.17) is 0 Å². The van der Waals surface area contributed by atoms with Gasteiger partial charge in [0.05, 0.1) is 28.2 Å². The Morgan fingerprint density at radius 3 is 2.50 bits per heavy atom. The summed E-state index contributed by atoms with van der Waals surface area (Å²) >= 11 is 0. The molecule has 0 aliphatic carbocycles. The van der Waals surface area contributed by atoms with Crippen LogP contribution in [0, 0.1) is 13.8 Å². The van der Waals surface area contributed by atoms with Gasteiger partial charge in [0, 0.05) is 12.2 Å². The molecule has 0 atom stereocenters. The monoisotopic (exact) mass is 413 g/mol. The van der Waals surface area contributed by atoms with Gasteiger partial charge in [0.15, 0.2) is 0 Å². The lowest BCUT2D eigenvalue weighted by molar-refractivity contribution is -0.137. The van der Waals surface area contributed by atoms with Crippen molar-refractivity contribution in [2.24, 2.45) is 0 Å². The molecule has 0 saturated carbocycles. The number of carbonyl (C=O) groups excluding carboxylic acids is 2. The highest BCUT2D eigenvalue weighted by Crippen LogP contribution is 2.32. The fourth-order valence-electron chi connectivity index (χ4n) is 3.82. The number of ketones is 1. The van der Waals surface area contributed by atoms with Crippen molar-refractivity contribution in [2.75, 3.05) is 11.4 Å². The van der Waals surface area contributed by atoms with Crippen LogP contribution in [0.15, 0.2) is 48.5 Å². The van der Waals surface area contributed by atoms with Gasteiger partial charge in [-0.05, 0) is 50.1 Å². The van der Waals surface area contributed by atoms with Gasteiger partial charge in [0.25, 0.3) is 11.7 Å². The molecule has 8 heteroatoms. The van der Waals surface area contributed by atoms with Crippen LogP contribution in [0.3, 0.4) is 0 Å². The SMILES string of the molecule is Cc1nn(-c2cccc(C(F)(F)F)c2)c(C)c1C(=O)C(=O)N1CCc2ccccc21. The quantitative estimate of drug-likeness (QED) is 0.476. The number of aryl methyl sites for hydroxylation is 1. The van der Waals surface area contributed by atoms with E-state index in [0.717, 1.165) is 17.7 Å². The topological polar surface area (TPSA) is 55.2 Å². The first-order valence-corrected chi connectivity index (χ1v) is 9.36. The number of rotatable bonds is 3. The largest absolute Gasteiger partial charge is 0.416 e. The minimum atomic E-state index is -4.50. The summed E-state index contributed by atoms with van der Waals surface area (Å²) in [6.45, 7) is 3.54. The second kappa shape index (κ2) is 7.12. The van der Waals surface area contributed by atoms with E-state index in [2.05, 4.69) is 5.10 Å². The molecule has 0 radical (unpaired) electrons. The van der Waals surface area contributed by atoms with Crippen LogP contribution >= 0.6 is 0 Å². The normalized spacial score (nSPS) is 13.4. The molecule has 3 aromatic rings. The van der Waals surface area contributed by atoms with Gasteiger partial charge in [-0.1, -0.05) is 24.3 Å². The minimum absolute atomic E-state index is 0.113. The number of benzene rings is 2. The summed E-state index contributed by atoms with van der Waals surface area (Å²) in [5.41, 5.74) is 1.77. The fraction of sp³-hybridized carbons (Fsp3) is 0.227. The zero-order valence-corrected chi connectivity index (χ0v) is 16.3. The Morgan fingerprint density at radius 1 is 1.03 bits per heavy atom. The molecule has 0 spiro atoms. The number of hydrogen-bond donors (Lipinski definition) is 0. The van der Waals surface area contributed by atoms with Gasteiger partial charge in [-0.3, -0.25) is 9.59 Å². The van der Waals surface area contributed by atoms with Crippen LogP contribution in [0.5, 0.6) is 0 Å². The molecule has 0 unspecified atom stereocenters. The van der Waals surface area contributed by atoms with E-state index < -0.39 is 23.4 Å². The molecule has 4 rings (SSSR count). The number of fused-ring (bicyclic) bond motifs is 1. The van der Waals surface area contributed by atoms with Crippen LogP contribution in [0.25, 0.3) is 5.69 Å². The molecule has 1 aliphatic rings. The van der Waals surface area contributed by atoms with Crippen molar-refractivity contribution in [2.45, 2.75) is 26.4 Å². The molecule has 1 amide bonds. The van der Waals surface area contributed by atoms with Crippen LogP contribution in [-0.4, -0.2) is 28.0 Å². The average Bonchev–Trinajstić information content (AvgIpc) is 3.27. The molecular weight excluding hydrogens is 395 g/mol. The lowest BCUT2D eigenvalue weighted by Gasteiger charge is -2.16. The molecule has 5 nitrogen and oxygen atoms in total. The minimum Gasteiger partial charge on any atom is -0.305 e. The molecule has 2 heterocycles. The van der Waals surface area contributed by atoms with Crippen molar-refractivity contribution in [1.29, 1.82) is 0 Å². The van der Waals surface area contributed by atoms with Crippen LogP contribution in [-0.2, 0) is 17.4 Å². The van der Waals surface area contributed by atoms with Crippen LogP contribution in [0.1, 0.15) is 32.9 Å². The highest BCUT2D eigenvalue weighted by molar-refractivity contribution is 6.47. The van der Waals surface area contributed by atoms with Gasteiger partial charge in [-0.2, -0.15) is 18.3 Å². The Bertz CT molecular complexity index is 1160. The van der Waals surface area contributed by atoms with Crippen molar-refractivity contribution in [3.05, 3.63) is 76.6 Å². The lowest BCUT2D eigenvalue weighted by atomic mass is 10.1. The number of alkyl halides is 3. The molecule has 1 aromatic heterocycles. The van der Waals surface area contributed by atoms with Gasteiger partial charge < -0.3 is 4.90 Å². The van der Waals surface area contributed by atoms with E-state index in [1.54, 1.807) is 26.0 Å². The number of Topliss-reactive ketones (excluding diaryl/α,β-unsaturated/α-hetero) is 1. The first-order valence-electron chi connectivity index (χ1n) is 9.36. The number of halogens is 3. The first kappa shape index (κ1) is 19.9. The molecule has 2 aromatic carbocycles. The Kier molecular flexibility index (Phi) is 4.72. The number of para-hydroxylation sites is 1. The molecule has 30 heavy (non-hydrogen) atoms. The van der Waals surface area contributed by atoms with Crippen molar-refractivity contribution < 1.29 is 22.8 Å². The number of hydrogen-bond acceptors (Lipinski definition) is 3. The van der Waals surface area contributed by atoms with E-state index in [-0.39, 0.29) is 16.9 Å². The van der Waals surface area contributed by atoms with Crippen molar-refractivity contribution in [3.63, 3.8) is 0 Å². The summed E-state index contributed by atoms with van der Waals surface area (Å²) in [7, 11) is 0. The Balaban J connectivity index is 1.69. The van der Waals surface area contributed by atoms with Crippen molar-refractivity contribution >= 4 is 17.4 Å². The molecule has 0 bridgehead atoms. The number of anilines is 1. The summed E-state index contributed by atoms with van der Waals surface area (Å²) in [5, 5.41) is 4.24. The summed E-state index contributed by atoms with van der Waals surface area (Å²) in [6, 6.07) is 12.1. The zero-order chi connectivity index (χ0) is 21.6. The third-order valence-corrected chi connectivity index (χ3v) is 5.26. The Hall–Kier alpha value is -3.42. The summed E-state index contributed by atoms with van der Waals surface area (Å²) in [5.74, 6) is -1.39.